The number of hydrogen-bond acceptors (Lipinski definition) is 3. The van der Waals surface area contributed by atoms with E-state index in [2.05, 4.69) is 10.2 Å². The van der Waals surface area contributed by atoms with Gasteiger partial charge in [0.1, 0.15) is 5.82 Å². The highest BCUT2D eigenvalue weighted by Gasteiger charge is 2.12. The molecule has 2 rings (SSSR count). The highest BCUT2D eigenvalue weighted by atomic mass is 35.5. The van der Waals surface area contributed by atoms with E-state index in [0.717, 1.165) is 17.9 Å². The number of aryl methyl sites for hydroxylation is 1. The second-order valence-electron chi connectivity index (χ2n) is 3.71. The average molecular weight is 266 g/mol. The Morgan fingerprint density at radius 2 is 1.89 bits per heavy atom. The molecule has 6 heteroatoms. The standard InChI is InChI=1S/C12H12ClN3O2/c1-2-10-14-15-11(7-13)16(10)9-5-3-8(4-6-9)12(17)18/h3-6H,2,7H2,1H3,(H,17,18). The molecule has 0 bridgehead atoms. The van der Waals surface area contributed by atoms with Crippen LogP contribution in [0.4, 0.5) is 0 Å². The average Bonchev–Trinajstić information content (AvgIpc) is 2.81. The van der Waals surface area contributed by atoms with Crippen molar-refractivity contribution in [3.05, 3.63) is 41.5 Å². The van der Waals surface area contributed by atoms with E-state index in [1.54, 1.807) is 24.3 Å². The Hall–Kier alpha value is -1.88. The molecular formula is C12H12ClN3O2. The molecule has 0 aliphatic heterocycles. The quantitative estimate of drug-likeness (QED) is 0.861. The van der Waals surface area contributed by atoms with Crippen LogP contribution < -0.4 is 0 Å². The molecule has 0 spiro atoms. The van der Waals surface area contributed by atoms with E-state index >= 15 is 0 Å². The summed E-state index contributed by atoms with van der Waals surface area (Å²) in [5.74, 6) is 0.761. The molecule has 0 radical (unpaired) electrons. The molecule has 0 fully saturated rings. The number of rotatable bonds is 4. The number of halogens is 1. The van der Waals surface area contributed by atoms with Gasteiger partial charge in [-0.1, -0.05) is 6.92 Å². The summed E-state index contributed by atoms with van der Waals surface area (Å²) in [4.78, 5) is 10.8. The third-order valence-corrected chi connectivity index (χ3v) is 2.84. The number of carbonyl (C=O) groups is 1. The van der Waals surface area contributed by atoms with Gasteiger partial charge in [-0.2, -0.15) is 0 Å². The first kappa shape index (κ1) is 12.6. The van der Waals surface area contributed by atoms with Crippen molar-refractivity contribution in [1.82, 2.24) is 14.8 Å². The van der Waals surface area contributed by atoms with E-state index in [1.165, 1.54) is 0 Å². The molecule has 94 valence electrons. The number of aromatic nitrogens is 3. The first-order valence-electron chi connectivity index (χ1n) is 5.50. The Labute approximate surface area is 109 Å². The Balaban J connectivity index is 2.47. The van der Waals surface area contributed by atoms with Crippen LogP contribution in [0.25, 0.3) is 5.69 Å². The summed E-state index contributed by atoms with van der Waals surface area (Å²) in [6, 6.07) is 6.55. The molecule has 0 unspecified atom stereocenters. The highest BCUT2D eigenvalue weighted by Crippen LogP contribution is 2.16. The van der Waals surface area contributed by atoms with Gasteiger partial charge in [0.15, 0.2) is 5.82 Å². The van der Waals surface area contributed by atoms with Crippen molar-refractivity contribution in [2.24, 2.45) is 0 Å². The SMILES string of the molecule is CCc1nnc(CCl)n1-c1ccc(C(=O)O)cc1. The summed E-state index contributed by atoms with van der Waals surface area (Å²) >= 11 is 5.82. The van der Waals surface area contributed by atoms with Crippen LogP contribution in [0.15, 0.2) is 24.3 Å². The molecule has 5 nitrogen and oxygen atoms in total. The number of carboxylic acids is 1. The van der Waals surface area contributed by atoms with E-state index < -0.39 is 5.97 Å². The zero-order chi connectivity index (χ0) is 13.1. The number of alkyl halides is 1. The van der Waals surface area contributed by atoms with Gasteiger partial charge in [0, 0.05) is 12.1 Å². The number of carboxylic acid groups (broad SMARTS) is 1. The molecule has 0 saturated carbocycles. The largest absolute Gasteiger partial charge is 0.478 e. The van der Waals surface area contributed by atoms with E-state index in [-0.39, 0.29) is 11.4 Å². The summed E-state index contributed by atoms with van der Waals surface area (Å²) in [6.07, 6.45) is 0.727. The second-order valence-corrected chi connectivity index (χ2v) is 3.97. The summed E-state index contributed by atoms with van der Waals surface area (Å²) in [7, 11) is 0. The predicted octanol–water partition coefficient (Wildman–Crippen LogP) is 2.27. The minimum Gasteiger partial charge on any atom is -0.478 e. The topological polar surface area (TPSA) is 68.0 Å². The Morgan fingerprint density at radius 3 is 2.39 bits per heavy atom. The lowest BCUT2D eigenvalue weighted by Crippen LogP contribution is -2.04. The fourth-order valence-electron chi connectivity index (χ4n) is 1.72. The lowest BCUT2D eigenvalue weighted by molar-refractivity contribution is 0.0697. The van der Waals surface area contributed by atoms with Gasteiger partial charge in [-0.15, -0.1) is 21.8 Å². The number of hydrogen-bond donors (Lipinski definition) is 1. The van der Waals surface area contributed by atoms with Gasteiger partial charge < -0.3 is 5.11 Å². The van der Waals surface area contributed by atoms with Gasteiger partial charge in [0.2, 0.25) is 0 Å². The van der Waals surface area contributed by atoms with Crippen LogP contribution in [0.1, 0.15) is 28.9 Å². The van der Waals surface area contributed by atoms with Crippen molar-refractivity contribution < 1.29 is 9.90 Å². The molecule has 0 atom stereocenters. The van der Waals surface area contributed by atoms with Crippen molar-refractivity contribution >= 4 is 17.6 Å². The van der Waals surface area contributed by atoms with Gasteiger partial charge in [-0.05, 0) is 24.3 Å². The van der Waals surface area contributed by atoms with E-state index in [0.29, 0.717) is 5.82 Å². The first-order chi connectivity index (χ1) is 8.67. The molecule has 0 saturated heterocycles. The normalized spacial score (nSPS) is 10.6. The molecule has 18 heavy (non-hydrogen) atoms. The molecule has 1 N–H and O–H groups in total. The van der Waals surface area contributed by atoms with Crippen molar-refractivity contribution in [2.75, 3.05) is 0 Å². The number of aromatic carboxylic acids is 1. The van der Waals surface area contributed by atoms with Crippen LogP contribution in [0.5, 0.6) is 0 Å². The van der Waals surface area contributed by atoms with Crippen molar-refractivity contribution in [1.29, 1.82) is 0 Å². The molecular weight excluding hydrogens is 254 g/mol. The van der Waals surface area contributed by atoms with Gasteiger partial charge >= 0.3 is 5.97 Å². The maximum atomic E-state index is 10.8. The van der Waals surface area contributed by atoms with Crippen LogP contribution in [-0.4, -0.2) is 25.8 Å². The van der Waals surface area contributed by atoms with E-state index in [9.17, 15) is 4.79 Å². The van der Waals surface area contributed by atoms with Crippen LogP contribution in [0.3, 0.4) is 0 Å². The molecule has 1 aromatic carbocycles. The Bertz CT molecular complexity index is 542. The summed E-state index contributed by atoms with van der Waals surface area (Å²) in [5, 5.41) is 16.9. The molecule has 0 amide bonds. The monoisotopic (exact) mass is 265 g/mol. The zero-order valence-corrected chi connectivity index (χ0v) is 10.6. The summed E-state index contributed by atoms with van der Waals surface area (Å²) in [6.45, 7) is 1.98. The third-order valence-electron chi connectivity index (χ3n) is 2.61. The van der Waals surface area contributed by atoms with Crippen molar-refractivity contribution in [3.8, 4) is 5.69 Å². The fourth-order valence-corrected chi connectivity index (χ4v) is 1.89. The van der Waals surface area contributed by atoms with Crippen LogP contribution in [-0.2, 0) is 12.3 Å². The fraction of sp³-hybridized carbons (Fsp3) is 0.250. The Kier molecular flexibility index (Phi) is 3.62. The molecule has 0 aliphatic rings. The third kappa shape index (κ3) is 2.22. The van der Waals surface area contributed by atoms with Gasteiger partial charge in [-0.25, -0.2) is 4.79 Å². The molecule has 1 heterocycles. The summed E-state index contributed by atoms with van der Waals surface area (Å²) in [5.41, 5.74) is 1.06. The maximum absolute atomic E-state index is 10.8. The summed E-state index contributed by atoms with van der Waals surface area (Å²) < 4.78 is 1.85. The lowest BCUT2D eigenvalue weighted by atomic mass is 10.2. The zero-order valence-electron chi connectivity index (χ0n) is 9.80. The van der Waals surface area contributed by atoms with Gasteiger partial charge in [0.05, 0.1) is 11.4 Å². The molecule has 0 aliphatic carbocycles. The predicted molar refractivity (Wildman–Crippen MR) is 67.3 cm³/mol. The van der Waals surface area contributed by atoms with Gasteiger partial charge in [0.25, 0.3) is 0 Å². The van der Waals surface area contributed by atoms with Crippen LogP contribution in [0, 0.1) is 0 Å². The number of benzene rings is 1. The van der Waals surface area contributed by atoms with E-state index in [4.69, 9.17) is 16.7 Å². The molecule has 2 aromatic rings. The maximum Gasteiger partial charge on any atom is 0.335 e. The minimum atomic E-state index is -0.946. The highest BCUT2D eigenvalue weighted by molar-refractivity contribution is 6.16. The van der Waals surface area contributed by atoms with Crippen LogP contribution in [0.2, 0.25) is 0 Å². The van der Waals surface area contributed by atoms with E-state index in [1.807, 2.05) is 11.5 Å². The van der Waals surface area contributed by atoms with Crippen molar-refractivity contribution in [2.45, 2.75) is 19.2 Å². The Morgan fingerprint density at radius 1 is 1.28 bits per heavy atom. The van der Waals surface area contributed by atoms with Crippen LogP contribution >= 0.6 is 11.6 Å². The lowest BCUT2D eigenvalue weighted by Gasteiger charge is -2.08. The first-order valence-corrected chi connectivity index (χ1v) is 6.03. The smallest absolute Gasteiger partial charge is 0.335 e. The molecule has 1 aromatic heterocycles. The number of nitrogens with zero attached hydrogens (tertiary/aromatic N) is 3. The minimum absolute atomic E-state index is 0.247. The van der Waals surface area contributed by atoms with Crippen molar-refractivity contribution in [3.63, 3.8) is 0 Å². The second kappa shape index (κ2) is 5.18. The van der Waals surface area contributed by atoms with Gasteiger partial charge in [-0.3, -0.25) is 4.57 Å².